The number of benzene rings is 2. The van der Waals surface area contributed by atoms with Crippen molar-refractivity contribution in [1.82, 2.24) is 0 Å². The van der Waals surface area contributed by atoms with E-state index in [1.165, 1.54) is 6.07 Å². The number of amides is 1. The molecule has 0 fully saturated rings. The maximum Gasteiger partial charge on any atom is 0.255 e. The van der Waals surface area contributed by atoms with Crippen LogP contribution < -0.4 is 11.1 Å². The molecule has 6 heteroatoms. The molecule has 0 saturated heterocycles. The van der Waals surface area contributed by atoms with E-state index in [1.54, 1.807) is 12.1 Å². The molecular weight excluding hydrogens is 330 g/mol. The van der Waals surface area contributed by atoms with Crippen molar-refractivity contribution in [3.05, 3.63) is 57.6 Å². The van der Waals surface area contributed by atoms with Crippen molar-refractivity contribution in [1.29, 1.82) is 0 Å². The zero-order valence-corrected chi connectivity index (χ0v) is 12.1. The van der Waals surface area contributed by atoms with E-state index in [-0.39, 0.29) is 11.4 Å². The minimum atomic E-state index is -1.18. The summed E-state index contributed by atoms with van der Waals surface area (Å²) in [6, 6.07) is 7.14. The number of halogens is 3. The van der Waals surface area contributed by atoms with Crippen LogP contribution in [0.4, 0.5) is 20.2 Å². The van der Waals surface area contributed by atoms with Gasteiger partial charge in [-0.05, 0) is 42.8 Å². The van der Waals surface area contributed by atoms with Gasteiger partial charge in [0, 0.05) is 10.0 Å². The van der Waals surface area contributed by atoms with Crippen LogP contribution in [0.15, 0.2) is 34.8 Å². The molecule has 0 heterocycles. The first-order valence-corrected chi connectivity index (χ1v) is 6.50. The Bertz CT molecular complexity index is 669. The van der Waals surface area contributed by atoms with Crippen LogP contribution in [0.5, 0.6) is 0 Å². The minimum absolute atomic E-state index is 0.0380. The van der Waals surface area contributed by atoms with Gasteiger partial charge in [-0.1, -0.05) is 15.9 Å². The van der Waals surface area contributed by atoms with E-state index in [0.29, 0.717) is 5.56 Å². The molecule has 2 aromatic carbocycles. The van der Waals surface area contributed by atoms with E-state index in [9.17, 15) is 13.6 Å². The van der Waals surface area contributed by atoms with Crippen LogP contribution in [-0.2, 0) is 0 Å². The number of hydrogen-bond donors (Lipinski definition) is 2. The number of rotatable bonds is 2. The Morgan fingerprint density at radius 3 is 2.60 bits per heavy atom. The van der Waals surface area contributed by atoms with Crippen molar-refractivity contribution in [2.45, 2.75) is 6.92 Å². The molecule has 3 N–H and O–H groups in total. The molecule has 0 bridgehead atoms. The number of hydrogen-bond acceptors (Lipinski definition) is 2. The first-order valence-electron chi connectivity index (χ1n) is 5.70. The van der Waals surface area contributed by atoms with Crippen LogP contribution in [0.3, 0.4) is 0 Å². The normalized spacial score (nSPS) is 10.4. The molecule has 0 aliphatic heterocycles. The standard InChI is InChI=1S/C14H11BrF2N2O/c1-7-4-8(6-9(15)5-7)14(20)19-13-11(18)3-2-10(16)12(13)17/h2-6H,18H2,1H3,(H,19,20). The zero-order chi connectivity index (χ0) is 14.9. The first kappa shape index (κ1) is 14.5. The quantitative estimate of drug-likeness (QED) is 0.815. The van der Waals surface area contributed by atoms with Gasteiger partial charge in [0.05, 0.1) is 5.69 Å². The third kappa shape index (κ3) is 2.96. The fourth-order valence-corrected chi connectivity index (χ4v) is 2.35. The van der Waals surface area contributed by atoms with Crippen LogP contribution in [-0.4, -0.2) is 5.91 Å². The largest absolute Gasteiger partial charge is 0.397 e. The van der Waals surface area contributed by atoms with Crippen LogP contribution in [0.25, 0.3) is 0 Å². The van der Waals surface area contributed by atoms with Gasteiger partial charge in [-0.3, -0.25) is 4.79 Å². The third-order valence-electron chi connectivity index (χ3n) is 2.67. The molecule has 0 unspecified atom stereocenters. The second-order valence-electron chi connectivity index (χ2n) is 4.30. The van der Waals surface area contributed by atoms with E-state index < -0.39 is 17.5 Å². The monoisotopic (exact) mass is 340 g/mol. The number of aryl methyl sites for hydroxylation is 1. The number of nitrogens with two attached hydrogens (primary N) is 1. The average Bonchev–Trinajstić information content (AvgIpc) is 2.38. The maximum atomic E-state index is 13.6. The van der Waals surface area contributed by atoms with Gasteiger partial charge in [0.1, 0.15) is 5.69 Å². The summed E-state index contributed by atoms with van der Waals surface area (Å²) < 4.78 is 27.5. The topological polar surface area (TPSA) is 55.1 Å². The Balaban J connectivity index is 2.35. The highest BCUT2D eigenvalue weighted by atomic mass is 79.9. The van der Waals surface area contributed by atoms with E-state index in [2.05, 4.69) is 21.2 Å². The highest BCUT2D eigenvalue weighted by Crippen LogP contribution is 2.25. The molecule has 0 atom stereocenters. The van der Waals surface area contributed by atoms with Crippen molar-refractivity contribution in [2.75, 3.05) is 11.1 Å². The van der Waals surface area contributed by atoms with Gasteiger partial charge in [0.15, 0.2) is 11.6 Å². The predicted octanol–water partition coefficient (Wildman–Crippen LogP) is 3.87. The first-order chi connectivity index (χ1) is 9.38. The van der Waals surface area contributed by atoms with E-state index in [4.69, 9.17) is 5.73 Å². The van der Waals surface area contributed by atoms with E-state index in [1.807, 2.05) is 13.0 Å². The number of carbonyl (C=O) groups is 1. The van der Waals surface area contributed by atoms with Crippen molar-refractivity contribution < 1.29 is 13.6 Å². The molecule has 0 spiro atoms. The predicted molar refractivity (Wildman–Crippen MR) is 77.6 cm³/mol. The molecule has 104 valence electrons. The highest BCUT2D eigenvalue weighted by Gasteiger charge is 2.16. The van der Waals surface area contributed by atoms with Gasteiger partial charge >= 0.3 is 0 Å². The Morgan fingerprint density at radius 2 is 1.95 bits per heavy atom. The Labute approximate surface area is 122 Å². The SMILES string of the molecule is Cc1cc(Br)cc(C(=O)Nc2c(N)ccc(F)c2F)c1. The Hall–Kier alpha value is -1.95. The molecule has 1 amide bonds. The number of carbonyl (C=O) groups excluding carboxylic acids is 1. The molecule has 0 radical (unpaired) electrons. The van der Waals surface area contributed by atoms with Gasteiger partial charge in [-0.2, -0.15) is 0 Å². The number of nitrogen functional groups attached to an aromatic ring is 1. The molecule has 20 heavy (non-hydrogen) atoms. The Morgan fingerprint density at radius 1 is 1.25 bits per heavy atom. The third-order valence-corrected chi connectivity index (χ3v) is 3.13. The molecule has 2 aromatic rings. The lowest BCUT2D eigenvalue weighted by Crippen LogP contribution is -2.15. The van der Waals surface area contributed by atoms with Gasteiger partial charge in [-0.25, -0.2) is 8.78 Å². The van der Waals surface area contributed by atoms with E-state index in [0.717, 1.165) is 16.1 Å². The number of anilines is 2. The highest BCUT2D eigenvalue weighted by molar-refractivity contribution is 9.10. The molecule has 0 aliphatic rings. The fraction of sp³-hybridized carbons (Fsp3) is 0.0714. The number of nitrogens with one attached hydrogen (secondary N) is 1. The summed E-state index contributed by atoms with van der Waals surface area (Å²) in [4.78, 5) is 12.1. The average molecular weight is 341 g/mol. The minimum Gasteiger partial charge on any atom is -0.397 e. The van der Waals surface area contributed by atoms with Crippen molar-refractivity contribution in [3.8, 4) is 0 Å². The lowest BCUT2D eigenvalue weighted by Gasteiger charge is -2.10. The molecular formula is C14H11BrF2N2O. The summed E-state index contributed by atoms with van der Waals surface area (Å²) >= 11 is 3.27. The Kier molecular flexibility index (Phi) is 4.04. The molecule has 0 aromatic heterocycles. The molecule has 2 rings (SSSR count). The molecule has 0 saturated carbocycles. The second-order valence-corrected chi connectivity index (χ2v) is 5.21. The van der Waals surface area contributed by atoms with Crippen molar-refractivity contribution in [3.63, 3.8) is 0 Å². The fourth-order valence-electron chi connectivity index (χ4n) is 1.75. The second kappa shape index (κ2) is 5.58. The molecule has 0 aliphatic carbocycles. The maximum absolute atomic E-state index is 13.6. The van der Waals surface area contributed by atoms with Crippen molar-refractivity contribution >= 4 is 33.2 Å². The summed E-state index contributed by atoms with van der Waals surface area (Å²) in [5.41, 5.74) is 6.33. The van der Waals surface area contributed by atoms with E-state index >= 15 is 0 Å². The van der Waals surface area contributed by atoms with Crippen LogP contribution in [0, 0.1) is 18.6 Å². The van der Waals surface area contributed by atoms with Crippen LogP contribution in [0.1, 0.15) is 15.9 Å². The summed E-state index contributed by atoms with van der Waals surface area (Å²) in [5.74, 6) is -2.81. The van der Waals surface area contributed by atoms with Gasteiger partial charge in [0.2, 0.25) is 0 Å². The van der Waals surface area contributed by atoms with Crippen LogP contribution in [0.2, 0.25) is 0 Å². The lowest BCUT2D eigenvalue weighted by atomic mass is 10.1. The smallest absolute Gasteiger partial charge is 0.255 e. The van der Waals surface area contributed by atoms with Crippen molar-refractivity contribution in [2.24, 2.45) is 0 Å². The summed E-state index contributed by atoms with van der Waals surface area (Å²) in [6.07, 6.45) is 0. The van der Waals surface area contributed by atoms with Crippen LogP contribution >= 0.6 is 15.9 Å². The lowest BCUT2D eigenvalue weighted by molar-refractivity contribution is 0.102. The summed E-state index contributed by atoms with van der Waals surface area (Å²) in [7, 11) is 0. The van der Waals surface area contributed by atoms with Gasteiger partial charge in [-0.15, -0.1) is 0 Å². The summed E-state index contributed by atoms with van der Waals surface area (Å²) in [5, 5.41) is 2.29. The van der Waals surface area contributed by atoms with Gasteiger partial charge < -0.3 is 11.1 Å². The van der Waals surface area contributed by atoms with Gasteiger partial charge in [0.25, 0.3) is 5.91 Å². The zero-order valence-electron chi connectivity index (χ0n) is 10.5. The molecule has 3 nitrogen and oxygen atoms in total. The summed E-state index contributed by atoms with van der Waals surface area (Å²) in [6.45, 7) is 1.82.